The van der Waals surface area contributed by atoms with Crippen molar-refractivity contribution in [3.05, 3.63) is 0 Å². The molecule has 0 aromatic rings. The molecule has 1 unspecified atom stereocenters. The van der Waals surface area contributed by atoms with Gasteiger partial charge in [0.2, 0.25) is 0 Å². The van der Waals surface area contributed by atoms with Crippen molar-refractivity contribution in [3.63, 3.8) is 0 Å². The lowest BCUT2D eigenvalue weighted by molar-refractivity contribution is -0.126. The maximum Gasteiger partial charge on any atom is 0.138 e. The SMILES string of the molecule is CCC(CCCCN)C(=O)C(C)C. The smallest absolute Gasteiger partial charge is 0.138 e. The first-order valence-corrected chi connectivity index (χ1v) is 5.37. The lowest BCUT2D eigenvalue weighted by Crippen LogP contribution is -2.19. The van der Waals surface area contributed by atoms with E-state index >= 15 is 0 Å². The van der Waals surface area contributed by atoms with Gasteiger partial charge in [0.15, 0.2) is 0 Å². The van der Waals surface area contributed by atoms with Gasteiger partial charge in [-0.25, -0.2) is 0 Å². The molecule has 0 rings (SSSR count). The Bertz CT molecular complexity index is 143. The summed E-state index contributed by atoms with van der Waals surface area (Å²) in [6.45, 7) is 6.79. The molecule has 1 atom stereocenters. The largest absolute Gasteiger partial charge is 0.330 e. The van der Waals surface area contributed by atoms with E-state index < -0.39 is 0 Å². The molecule has 0 amide bonds. The van der Waals surface area contributed by atoms with Crippen molar-refractivity contribution in [2.24, 2.45) is 17.6 Å². The highest BCUT2D eigenvalue weighted by atomic mass is 16.1. The van der Waals surface area contributed by atoms with E-state index in [0.717, 1.165) is 32.2 Å². The third-order valence-corrected chi connectivity index (χ3v) is 2.47. The minimum Gasteiger partial charge on any atom is -0.330 e. The Morgan fingerprint density at radius 2 is 1.92 bits per heavy atom. The van der Waals surface area contributed by atoms with E-state index in [1.165, 1.54) is 0 Å². The summed E-state index contributed by atoms with van der Waals surface area (Å²) in [5, 5.41) is 0. The van der Waals surface area contributed by atoms with Crippen LogP contribution in [-0.2, 0) is 4.79 Å². The zero-order chi connectivity index (χ0) is 10.3. The van der Waals surface area contributed by atoms with Gasteiger partial charge in [-0.15, -0.1) is 0 Å². The number of ketones is 1. The quantitative estimate of drug-likeness (QED) is 0.619. The fourth-order valence-corrected chi connectivity index (χ4v) is 1.55. The molecule has 0 aromatic heterocycles. The molecule has 78 valence electrons. The molecule has 0 bridgehead atoms. The normalized spacial score (nSPS) is 13.3. The van der Waals surface area contributed by atoms with Gasteiger partial charge >= 0.3 is 0 Å². The van der Waals surface area contributed by atoms with Gasteiger partial charge in [-0.1, -0.05) is 27.2 Å². The number of nitrogens with two attached hydrogens (primary N) is 1. The van der Waals surface area contributed by atoms with Crippen molar-refractivity contribution in [2.75, 3.05) is 6.54 Å². The Labute approximate surface area is 81.9 Å². The first-order valence-electron chi connectivity index (χ1n) is 5.37. The highest BCUT2D eigenvalue weighted by Crippen LogP contribution is 2.17. The van der Waals surface area contributed by atoms with Crippen molar-refractivity contribution in [1.82, 2.24) is 0 Å². The average Bonchev–Trinajstić information content (AvgIpc) is 2.11. The second-order valence-corrected chi connectivity index (χ2v) is 3.95. The third kappa shape index (κ3) is 5.04. The van der Waals surface area contributed by atoms with Gasteiger partial charge < -0.3 is 5.73 Å². The molecular formula is C11H23NO. The number of rotatable bonds is 7. The number of carbonyl (C=O) groups excluding carboxylic acids is 1. The lowest BCUT2D eigenvalue weighted by atomic mass is 9.89. The fraction of sp³-hybridized carbons (Fsp3) is 0.909. The van der Waals surface area contributed by atoms with Crippen molar-refractivity contribution in [1.29, 1.82) is 0 Å². The molecule has 0 spiro atoms. The van der Waals surface area contributed by atoms with Crippen LogP contribution >= 0.6 is 0 Å². The summed E-state index contributed by atoms with van der Waals surface area (Å²) in [7, 11) is 0. The van der Waals surface area contributed by atoms with Gasteiger partial charge in [0.1, 0.15) is 5.78 Å². The second kappa shape index (κ2) is 7.07. The monoisotopic (exact) mass is 185 g/mol. The van der Waals surface area contributed by atoms with Crippen molar-refractivity contribution >= 4 is 5.78 Å². The molecule has 0 saturated heterocycles. The fourth-order valence-electron chi connectivity index (χ4n) is 1.55. The molecule has 0 aliphatic carbocycles. The highest BCUT2D eigenvalue weighted by Gasteiger charge is 2.18. The van der Waals surface area contributed by atoms with E-state index in [0.29, 0.717) is 5.78 Å². The van der Waals surface area contributed by atoms with Crippen LogP contribution in [0.15, 0.2) is 0 Å². The van der Waals surface area contributed by atoms with Crippen LogP contribution in [0.3, 0.4) is 0 Å². The Balaban J connectivity index is 3.81. The standard InChI is InChI=1S/C11H23NO/c1-4-10(7-5-6-8-12)11(13)9(2)3/h9-10H,4-8,12H2,1-3H3. The molecule has 0 saturated carbocycles. The minimum atomic E-state index is 0.183. The molecule has 0 aliphatic heterocycles. The molecule has 0 radical (unpaired) electrons. The number of unbranched alkanes of at least 4 members (excludes halogenated alkanes) is 1. The van der Waals surface area contributed by atoms with E-state index in [1.807, 2.05) is 13.8 Å². The Hall–Kier alpha value is -0.370. The maximum absolute atomic E-state index is 11.6. The van der Waals surface area contributed by atoms with E-state index in [4.69, 9.17) is 5.73 Å². The molecule has 0 heterocycles. The van der Waals surface area contributed by atoms with E-state index in [1.54, 1.807) is 0 Å². The van der Waals surface area contributed by atoms with Crippen LogP contribution in [0.4, 0.5) is 0 Å². The van der Waals surface area contributed by atoms with Crippen molar-refractivity contribution < 1.29 is 4.79 Å². The summed E-state index contributed by atoms with van der Waals surface area (Å²) in [6.07, 6.45) is 4.13. The Kier molecular flexibility index (Phi) is 6.87. The summed E-state index contributed by atoms with van der Waals surface area (Å²) in [5.41, 5.74) is 5.41. The van der Waals surface area contributed by atoms with E-state index in [9.17, 15) is 4.79 Å². The average molecular weight is 185 g/mol. The van der Waals surface area contributed by atoms with Crippen LogP contribution in [0.5, 0.6) is 0 Å². The zero-order valence-corrected chi connectivity index (χ0v) is 9.18. The molecule has 0 aromatic carbocycles. The predicted octanol–water partition coefficient (Wildman–Crippen LogP) is 2.37. The zero-order valence-electron chi connectivity index (χ0n) is 9.18. The van der Waals surface area contributed by atoms with Gasteiger partial charge in [-0.3, -0.25) is 4.79 Å². The summed E-state index contributed by atoms with van der Waals surface area (Å²) < 4.78 is 0. The third-order valence-electron chi connectivity index (χ3n) is 2.47. The van der Waals surface area contributed by atoms with Crippen molar-refractivity contribution in [2.45, 2.75) is 46.5 Å². The molecule has 2 heteroatoms. The van der Waals surface area contributed by atoms with Crippen LogP contribution in [0.25, 0.3) is 0 Å². The summed E-state index contributed by atoms with van der Waals surface area (Å²) in [5.74, 6) is 0.869. The topological polar surface area (TPSA) is 43.1 Å². The van der Waals surface area contributed by atoms with Crippen LogP contribution in [0.2, 0.25) is 0 Å². The van der Waals surface area contributed by atoms with Crippen LogP contribution in [-0.4, -0.2) is 12.3 Å². The Morgan fingerprint density at radius 1 is 1.31 bits per heavy atom. The molecule has 2 N–H and O–H groups in total. The van der Waals surface area contributed by atoms with Gasteiger partial charge in [0.05, 0.1) is 0 Å². The predicted molar refractivity (Wildman–Crippen MR) is 56.5 cm³/mol. The van der Waals surface area contributed by atoms with Crippen molar-refractivity contribution in [3.8, 4) is 0 Å². The van der Waals surface area contributed by atoms with Gasteiger partial charge in [0.25, 0.3) is 0 Å². The first-order chi connectivity index (χ1) is 6.13. The lowest BCUT2D eigenvalue weighted by Gasteiger charge is -2.15. The molecule has 0 fully saturated rings. The second-order valence-electron chi connectivity index (χ2n) is 3.95. The molecule has 13 heavy (non-hydrogen) atoms. The summed E-state index contributed by atoms with van der Waals surface area (Å²) in [6, 6.07) is 0. The minimum absolute atomic E-state index is 0.183. The van der Waals surface area contributed by atoms with Gasteiger partial charge in [-0.05, 0) is 25.8 Å². The number of carbonyl (C=O) groups is 1. The molecular weight excluding hydrogens is 162 g/mol. The summed E-state index contributed by atoms with van der Waals surface area (Å²) >= 11 is 0. The number of Topliss-reactive ketones (excluding diaryl/α,β-unsaturated/α-hetero) is 1. The molecule has 2 nitrogen and oxygen atoms in total. The highest BCUT2D eigenvalue weighted by molar-refractivity contribution is 5.82. The van der Waals surface area contributed by atoms with Gasteiger partial charge in [0, 0.05) is 11.8 Å². The Morgan fingerprint density at radius 3 is 2.31 bits per heavy atom. The van der Waals surface area contributed by atoms with E-state index in [-0.39, 0.29) is 11.8 Å². The number of hydrogen-bond donors (Lipinski definition) is 1. The summed E-state index contributed by atoms with van der Waals surface area (Å²) in [4.78, 5) is 11.6. The molecule has 0 aliphatic rings. The van der Waals surface area contributed by atoms with Crippen LogP contribution < -0.4 is 5.73 Å². The van der Waals surface area contributed by atoms with Crippen LogP contribution in [0.1, 0.15) is 46.5 Å². The van der Waals surface area contributed by atoms with Crippen LogP contribution in [0, 0.1) is 11.8 Å². The number of hydrogen-bond acceptors (Lipinski definition) is 2. The maximum atomic E-state index is 11.6. The van der Waals surface area contributed by atoms with E-state index in [2.05, 4.69) is 6.92 Å². The van der Waals surface area contributed by atoms with Gasteiger partial charge in [-0.2, -0.15) is 0 Å². The first kappa shape index (κ1) is 12.6.